The summed E-state index contributed by atoms with van der Waals surface area (Å²) in [6, 6.07) is 11.2. The van der Waals surface area contributed by atoms with E-state index in [0.717, 1.165) is 42.0 Å². The fourth-order valence-corrected chi connectivity index (χ4v) is 5.59. The van der Waals surface area contributed by atoms with Crippen molar-refractivity contribution in [2.24, 2.45) is 11.8 Å². The number of esters is 1. The van der Waals surface area contributed by atoms with Crippen LogP contribution in [0.2, 0.25) is 0 Å². The molecule has 0 aliphatic carbocycles. The highest BCUT2D eigenvalue weighted by atomic mass is 16.5. The van der Waals surface area contributed by atoms with Gasteiger partial charge in [0.05, 0.1) is 6.42 Å². The van der Waals surface area contributed by atoms with E-state index in [2.05, 4.69) is 22.9 Å². The summed E-state index contributed by atoms with van der Waals surface area (Å²) >= 11 is 0. The van der Waals surface area contributed by atoms with E-state index in [-0.39, 0.29) is 30.6 Å². The largest absolute Gasteiger partial charge is 0.460 e. The van der Waals surface area contributed by atoms with Crippen molar-refractivity contribution >= 4 is 34.5 Å². The van der Waals surface area contributed by atoms with Crippen molar-refractivity contribution in [2.45, 2.75) is 123 Å². The van der Waals surface area contributed by atoms with Gasteiger partial charge in [0, 0.05) is 6.42 Å². The molecule has 1 aliphatic heterocycles. The minimum Gasteiger partial charge on any atom is -0.460 e. The van der Waals surface area contributed by atoms with E-state index in [0.29, 0.717) is 6.42 Å². The topological polar surface area (TPSA) is 114 Å². The molecule has 1 aliphatic rings. The van der Waals surface area contributed by atoms with Crippen LogP contribution in [0.15, 0.2) is 42.5 Å². The molecule has 3 rings (SSSR count). The first kappa shape index (κ1) is 34.1. The molecule has 3 N–H and O–H groups in total. The number of carbonyl (C=O) groups is 4. The maximum Gasteiger partial charge on any atom is 0.329 e. The van der Waals surface area contributed by atoms with Crippen LogP contribution in [0, 0.1) is 11.8 Å². The molecule has 0 aromatic heterocycles. The number of fused-ring (bicyclic) bond motifs is 1. The number of benzene rings is 2. The summed E-state index contributed by atoms with van der Waals surface area (Å²) in [5.41, 5.74) is 0.886. The Hall–Kier alpha value is -3.42. The molecule has 0 radical (unpaired) electrons. The van der Waals surface area contributed by atoms with Crippen LogP contribution in [0.25, 0.3) is 10.8 Å². The second-order valence-electron chi connectivity index (χ2n) is 12.3. The number of unbranched alkanes of at least 4 members (excludes halogenated alkanes) is 5. The van der Waals surface area contributed by atoms with Gasteiger partial charge in [-0.15, -0.1) is 0 Å². The molecule has 6 atom stereocenters. The Labute approximate surface area is 257 Å². The Morgan fingerprint density at radius 3 is 2.23 bits per heavy atom. The maximum atomic E-state index is 13.5. The molecule has 1 fully saturated rings. The molecule has 2 aromatic rings. The summed E-state index contributed by atoms with van der Waals surface area (Å²) in [7, 11) is 0. The van der Waals surface area contributed by atoms with E-state index in [9.17, 15) is 19.2 Å². The van der Waals surface area contributed by atoms with Gasteiger partial charge in [-0.05, 0) is 41.5 Å². The first-order chi connectivity index (χ1) is 20.6. The standard InChI is InChI=1S/C35H51N3O5/c1-6-8-9-10-11-12-15-24(4)30-22-31(39)37-29(21-26-18-19-27-16-13-14-17-28(27)20-26)34(41)36-25(5)33(40)38-32(23(3)7-2)35(42)43-30/h13-14,16-20,23-25,29-30,32H,6-12,15,21-22H2,1-5H3,(H,36,41)(H,37,39)(H,38,40). The first-order valence-electron chi connectivity index (χ1n) is 16.2. The van der Waals surface area contributed by atoms with Gasteiger partial charge in [-0.25, -0.2) is 4.79 Å². The number of hydrogen-bond acceptors (Lipinski definition) is 5. The third kappa shape index (κ3) is 10.4. The minimum atomic E-state index is -0.911. The van der Waals surface area contributed by atoms with Gasteiger partial charge in [-0.1, -0.05) is 115 Å². The van der Waals surface area contributed by atoms with Crippen molar-refractivity contribution in [3.05, 3.63) is 48.0 Å². The smallest absolute Gasteiger partial charge is 0.329 e. The number of cyclic esters (lactones) is 1. The molecular weight excluding hydrogens is 542 g/mol. The molecule has 43 heavy (non-hydrogen) atoms. The summed E-state index contributed by atoms with van der Waals surface area (Å²) in [6.07, 6.45) is 7.85. The summed E-state index contributed by atoms with van der Waals surface area (Å²) < 4.78 is 6.02. The molecule has 0 spiro atoms. The Morgan fingerprint density at radius 1 is 0.814 bits per heavy atom. The second kappa shape index (κ2) is 17.0. The van der Waals surface area contributed by atoms with Crippen LogP contribution >= 0.6 is 0 Å². The van der Waals surface area contributed by atoms with E-state index >= 15 is 0 Å². The fourth-order valence-electron chi connectivity index (χ4n) is 5.59. The molecule has 1 heterocycles. The number of nitrogens with one attached hydrogen (secondary N) is 3. The van der Waals surface area contributed by atoms with Gasteiger partial charge in [0.2, 0.25) is 17.7 Å². The molecule has 3 amide bonds. The lowest BCUT2D eigenvalue weighted by molar-refractivity contribution is -0.158. The van der Waals surface area contributed by atoms with Crippen LogP contribution in [-0.2, 0) is 30.3 Å². The highest BCUT2D eigenvalue weighted by Crippen LogP contribution is 2.23. The Morgan fingerprint density at radius 2 is 1.51 bits per heavy atom. The number of amides is 3. The van der Waals surface area contributed by atoms with Crippen molar-refractivity contribution in [3.8, 4) is 0 Å². The molecule has 6 unspecified atom stereocenters. The Balaban J connectivity index is 1.85. The van der Waals surface area contributed by atoms with E-state index in [1.807, 2.05) is 63.2 Å². The van der Waals surface area contributed by atoms with Crippen molar-refractivity contribution in [1.82, 2.24) is 16.0 Å². The normalized spacial score (nSPS) is 23.6. The van der Waals surface area contributed by atoms with Gasteiger partial charge < -0.3 is 20.7 Å². The van der Waals surface area contributed by atoms with Crippen LogP contribution < -0.4 is 16.0 Å². The third-order valence-corrected chi connectivity index (χ3v) is 8.72. The molecular formula is C35H51N3O5. The summed E-state index contributed by atoms with van der Waals surface area (Å²) in [5.74, 6) is -2.07. The minimum absolute atomic E-state index is 0.0546. The lowest BCUT2D eigenvalue weighted by Gasteiger charge is -2.29. The number of ether oxygens (including phenoxy) is 1. The predicted molar refractivity (Wildman–Crippen MR) is 170 cm³/mol. The van der Waals surface area contributed by atoms with Gasteiger partial charge in [-0.2, -0.15) is 0 Å². The summed E-state index contributed by atoms with van der Waals surface area (Å²) in [4.78, 5) is 53.6. The number of carbonyl (C=O) groups excluding carboxylic acids is 4. The zero-order valence-electron chi connectivity index (χ0n) is 26.6. The van der Waals surface area contributed by atoms with E-state index in [1.54, 1.807) is 6.92 Å². The number of rotatable bonds is 12. The van der Waals surface area contributed by atoms with Crippen molar-refractivity contribution in [2.75, 3.05) is 0 Å². The maximum absolute atomic E-state index is 13.5. The zero-order valence-corrected chi connectivity index (χ0v) is 26.6. The quantitative estimate of drug-likeness (QED) is 0.219. The zero-order chi connectivity index (χ0) is 31.4. The molecule has 8 nitrogen and oxygen atoms in total. The average Bonchev–Trinajstić information content (AvgIpc) is 2.99. The fraction of sp³-hybridized carbons (Fsp3) is 0.600. The van der Waals surface area contributed by atoms with Crippen molar-refractivity contribution < 1.29 is 23.9 Å². The molecule has 1 saturated heterocycles. The summed E-state index contributed by atoms with van der Waals surface area (Å²) in [5, 5.41) is 10.6. The van der Waals surface area contributed by atoms with Crippen LogP contribution in [0.5, 0.6) is 0 Å². The van der Waals surface area contributed by atoms with Gasteiger partial charge in [0.25, 0.3) is 0 Å². The monoisotopic (exact) mass is 593 g/mol. The van der Waals surface area contributed by atoms with E-state index < -0.39 is 42.0 Å². The lowest BCUT2D eigenvalue weighted by Crippen LogP contribution is -2.55. The van der Waals surface area contributed by atoms with E-state index in [4.69, 9.17) is 4.74 Å². The first-order valence-corrected chi connectivity index (χ1v) is 16.2. The van der Waals surface area contributed by atoms with Crippen LogP contribution in [0.1, 0.15) is 98.0 Å². The van der Waals surface area contributed by atoms with Gasteiger partial charge in [-0.3, -0.25) is 14.4 Å². The second-order valence-corrected chi connectivity index (χ2v) is 12.3. The SMILES string of the molecule is CCCCCCCCC(C)C1CC(=O)NC(Cc2ccc3ccccc3c2)C(=O)NC(C)C(=O)NC(C(C)CC)C(=O)O1. The highest BCUT2D eigenvalue weighted by Gasteiger charge is 2.35. The van der Waals surface area contributed by atoms with Gasteiger partial charge in [0.1, 0.15) is 24.2 Å². The third-order valence-electron chi connectivity index (χ3n) is 8.72. The highest BCUT2D eigenvalue weighted by molar-refractivity contribution is 5.94. The van der Waals surface area contributed by atoms with E-state index in [1.165, 1.54) is 19.3 Å². The van der Waals surface area contributed by atoms with Crippen LogP contribution in [0.3, 0.4) is 0 Å². The Bertz CT molecular complexity index is 1230. The van der Waals surface area contributed by atoms with Gasteiger partial charge in [0.15, 0.2) is 0 Å². The molecule has 8 heteroatoms. The lowest BCUT2D eigenvalue weighted by atomic mass is 9.93. The number of hydrogen-bond donors (Lipinski definition) is 3. The molecule has 0 bridgehead atoms. The predicted octanol–water partition coefficient (Wildman–Crippen LogP) is 5.60. The molecule has 236 valence electrons. The van der Waals surface area contributed by atoms with Crippen molar-refractivity contribution in [1.29, 1.82) is 0 Å². The molecule has 0 saturated carbocycles. The van der Waals surface area contributed by atoms with Crippen molar-refractivity contribution in [3.63, 3.8) is 0 Å². The average molecular weight is 594 g/mol. The van der Waals surface area contributed by atoms with Crippen LogP contribution in [-0.4, -0.2) is 47.9 Å². The molecule has 2 aromatic carbocycles. The Kier molecular flexibility index (Phi) is 13.5. The summed E-state index contributed by atoms with van der Waals surface area (Å²) in [6.45, 7) is 9.60. The van der Waals surface area contributed by atoms with Gasteiger partial charge >= 0.3 is 5.97 Å². The van der Waals surface area contributed by atoms with Crippen LogP contribution in [0.4, 0.5) is 0 Å².